The Bertz CT molecular complexity index is 338. The van der Waals surface area contributed by atoms with Crippen molar-refractivity contribution >= 4 is 31.9 Å². The van der Waals surface area contributed by atoms with E-state index in [0.29, 0.717) is 0 Å². The third-order valence-corrected chi connectivity index (χ3v) is 4.76. The minimum absolute atomic E-state index is 0.539. The summed E-state index contributed by atoms with van der Waals surface area (Å²) in [5, 5.41) is 0. The maximum Gasteiger partial charge on any atom is 0.203 e. The van der Waals surface area contributed by atoms with E-state index in [1.807, 2.05) is 18.2 Å². The minimum Gasteiger partial charge on any atom is -0.350 e. The first-order valence-electron chi connectivity index (χ1n) is 7.74. The van der Waals surface area contributed by atoms with E-state index < -0.39 is 3.42 Å². The van der Waals surface area contributed by atoms with Gasteiger partial charge in [0.15, 0.2) is 0 Å². The zero-order valence-corrected chi connectivity index (χ0v) is 15.6. The molecule has 0 amide bonds. The first-order valence-corrected chi connectivity index (χ1v) is 9.32. The van der Waals surface area contributed by atoms with Crippen LogP contribution in [0, 0.1) is 0 Å². The van der Waals surface area contributed by atoms with Gasteiger partial charge in [0, 0.05) is 12.2 Å². The van der Waals surface area contributed by atoms with Crippen LogP contribution < -0.4 is 0 Å². The third kappa shape index (κ3) is 7.80. The van der Waals surface area contributed by atoms with Gasteiger partial charge in [0.2, 0.25) is 3.42 Å². The number of hydrogen-bond donors (Lipinski definition) is 0. The Kier molecular flexibility index (Phi) is 9.83. The van der Waals surface area contributed by atoms with E-state index in [2.05, 4.69) is 50.9 Å². The second-order valence-corrected chi connectivity index (χ2v) is 8.50. The van der Waals surface area contributed by atoms with Crippen LogP contribution in [0.25, 0.3) is 0 Å². The molecule has 0 unspecified atom stereocenters. The molecule has 20 heavy (non-hydrogen) atoms. The number of benzene rings is 1. The third-order valence-electron chi connectivity index (χ3n) is 3.39. The van der Waals surface area contributed by atoms with E-state index in [4.69, 9.17) is 4.74 Å². The number of halogens is 2. The number of ether oxygens (including phenoxy) is 1. The highest BCUT2D eigenvalue weighted by Crippen LogP contribution is 2.39. The first kappa shape index (κ1) is 18.2. The van der Waals surface area contributed by atoms with Crippen LogP contribution in [0.5, 0.6) is 0 Å². The smallest absolute Gasteiger partial charge is 0.203 e. The fourth-order valence-corrected chi connectivity index (χ4v) is 3.00. The van der Waals surface area contributed by atoms with Gasteiger partial charge < -0.3 is 4.74 Å². The van der Waals surface area contributed by atoms with Crippen LogP contribution in [0.4, 0.5) is 0 Å². The standard InChI is InChI=1S/C17H26Br2O/c1-2-3-4-5-6-7-8-12-15-20-17(18,19)16-13-10-9-11-14-16/h9-11,13-14H,2-8,12,15H2,1H3. The van der Waals surface area contributed by atoms with Crippen molar-refractivity contribution in [2.24, 2.45) is 0 Å². The van der Waals surface area contributed by atoms with Crippen LogP contribution >= 0.6 is 31.9 Å². The zero-order valence-electron chi connectivity index (χ0n) is 12.4. The molecule has 0 aliphatic carbocycles. The summed E-state index contributed by atoms with van der Waals surface area (Å²) in [4.78, 5) is 0. The molecule has 0 fully saturated rings. The van der Waals surface area contributed by atoms with Gasteiger partial charge in [0.25, 0.3) is 0 Å². The van der Waals surface area contributed by atoms with Crippen molar-refractivity contribution in [3.8, 4) is 0 Å². The molecule has 0 radical (unpaired) electrons. The topological polar surface area (TPSA) is 9.23 Å². The molecular weight excluding hydrogens is 380 g/mol. The summed E-state index contributed by atoms with van der Waals surface area (Å²) in [5.74, 6) is 0. The summed E-state index contributed by atoms with van der Waals surface area (Å²) >= 11 is 7.19. The molecule has 114 valence electrons. The van der Waals surface area contributed by atoms with Crippen molar-refractivity contribution in [2.75, 3.05) is 6.61 Å². The van der Waals surface area contributed by atoms with Crippen LogP contribution in [-0.2, 0) is 8.16 Å². The summed E-state index contributed by atoms with van der Waals surface area (Å²) in [6.07, 6.45) is 10.6. The predicted molar refractivity (Wildman–Crippen MR) is 94.5 cm³/mol. The maximum atomic E-state index is 5.89. The fourth-order valence-electron chi connectivity index (χ4n) is 2.15. The van der Waals surface area contributed by atoms with Gasteiger partial charge in [0.05, 0.1) is 0 Å². The molecule has 1 aromatic carbocycles. The highest BCUT2D eigenvalue weighted by molar-refractivity contribution is 9.24. The second kappa shape index (κ2) is 10.8. The summed E-state index contributed by atoms with van der Waals surface area (Å²) in [5.41, 5.74) is 1.10. The number of alkyl halides is 2. The van der Waals surface area contributed by atoms with Crippen LogP contribution in [0.2, 0.25) is 0 Å². The molecule has 3 heteroatoms. The highest BCUT2D eigenvalue weighted by Gasteiger charge is 2.25. The van der Waals surface area contributed by atoms with Crippen molar-refractivity contribution in [1.29, 1.82) is 0 Å². The van der Waals surface area contributed by atoms with Gasteiger partial charge in [0.1, 0.15) is 0 Å². The van der Waals surface area contributed by atoms with E-state index in [0.717, 1.165) is 18.6 Å². The van der Waals surface area contributed by atoms with Crippen molar-refractivity contribution in [2.45, 2.75) is 61.7 Å². The quantitative estimate of drug-likeness (QED) is 0.292. The van der Waals surface area contributed by atoms with Gasteiger partial charge in [-0.25, -0.2) is 0 Å². The molecule has 0 aromatic heterocycles. The molecule has 0 aliphatic rings. The zero-order chi connectivity index (χ0) is 14.7. The predicted octanol–water partition coefficient (Wildman–Crippen LogP) is 6.74. The molecule has 0 saturated heterocycles. The Morgan fingerprint density at radius 2 is 1.40 bits per heavy atom. The van der Waals surface area contributed by atoms with Gasteiger partial charge >= 0.3 is 0 Å². The Morgan fingerprint density at radius 1 is 0.850 bits per heavy atom. The Morgan fingerprint density at radius 3 is 2.00 bits per heavy atom. The minimum atomic E-state index is -0.539. The van der Waals surface area contributed by atoms with Gasteiger partial charge in [-0.15, -0.1) is 0 Å². The Labute approximate surface area is 140 Å². The molecule has 0 heterocycles. The Hall–Kier alpha value is 0.140. The first-order chi connectivity index (χ1) is 9.67. The van der Waals surface area contributed by atoms with Gasteiger partial charge in [-0.1, -0.05) is 82.2 Å². The van der Waals surface area contributed by atoms with Gasteiger partial charge in [-0.3, -0.25) is 0 Å². The molecule has 0 aliphatic heterocycles. The lowest BCUT2D eigenvalue weighted by atomic mass is 10.1. The van der Waals surface area contributed by atoms with Crippen LogP contribution in [0.15, 0.2) is 30.3 Å². The lowest BCUT2D eigenvalue weighted by Gasteiger charge is -2.21. The van der Waals surface area contributed by atoms with Gasteiger partial charge in [-0.2, -0.15) is 0 Å². The molecule has 0 atom stereocenters. The number of rotatable bonds is 11. The number of hydrogen-bond acceptors (Lipinski definition) is 1. The normalized spacial score (nSPS) is 11.8. The molecule has 1 rings (SSSR count). The average Bonchev–Trinajstić information content (AvgIpc) is 2.46. The fraction of sp³-hybridized carbons (Fsp3) is 0.647. The van der Waals surface area contributed by atoms with Crippen molar-refractivity contribution in [1.82, 2.24) is 0 Å². The van der Waals surface area contributed by atoms with Crippen LogP contribution in [0.3, 0.4) is 0 Å². The van der Waals surface area contributed by atoms with Crippen LogP contribution in [0.1, 0.15) is 63.9 Å². The molecule has 0 saturated carbocycles. The van der Waals surface area contributed by atoms with Crippen molar-refractivity contribution in [3.05, 3.63) is 35.9 Å². The largest absolute Gasteiger partial charge is 0.350 e. The van der Waals surface area contributed by atoms with Gasteiger partial charge in [-0.05, 0) is 38.3 Å². The lowest BCUT2D eigenvalue weighted by Crippen LogP contribution is -2.14. The van der Waals surface area contributed by atoms with E-state index in [1.165, 1.54) is 44.9 Å². The lowest BCUT2D eigenvalue weighted by molar-refractivity contribution is 0.0945. The average molecular weight is 406 g/mol. The molecule has 0 spiro atoms. The summed E-state index contributed by atoms with van der Waals surface area (Å²) in [6.45, 7) is 3.04. The van der Waals surface area contributed by atoms with Crippen LogP contribution in [-0.4, -0.2) is 6.61 Å². The van der Waals surface area contributed by atoms with E-state index in [-0.39, 0.29) is 0 Å². The molecule has 0 N–H and O–H groups in total. The van der Waals surface area contributed by atoms with E-state index in [1.54, 1.807) is 0 Å². The molecule has 1 aromatic rings. The summed E-state index contributed by atoms with van der Waals surface area (Å²) in [6, 6.07) is 10.2. The Balaban J connectivity index is 2.06. The maximum absolute atomic E-state index is 5.89. The summed E-state index contributed by atoms with van der Waals surface area (Å²) in [7, 11) is 0. The monoisotopic (exact) mass is 404 g/mol. The molecular formula is C17H26Br2O. The second-order valence-electron chi connectivity index (χ2n) is 5.21. The highest BCUT2D eigenvalue weighted by atomic mass is 79.9. The van der Waals surface area contributed by atoms with E-state index >= 15 is 0 Å². The SMILES string of the molecule is CCCCCCCCCCOC(Br)(Br)c1ccccc1. The number of unbranched alkanes of at least 4 members (excludes halogenated alkanes) is 7. The molecule has 0 bridgehead atoms. The van der Waals surface area contributed by atoms with Crippen molar-refractivity contribution in [3.63, 3.8) is 0 Å². The van der Waals surface area contributed by atoms with Crippen molar-refractivity contribution < 1.29 is 4.74 Å². The molecule has 1 nitrogen and oxygen atoms in total. The van der Waals surface area contributed by atoms with E-state index in [9.17, 15) is 0 Å². The summed E-state index contributed by atoms with van der Waals surface area (Å²) < 4.78 is 5.35.